The number of hydrogen-bond donors (Lipinski definition) is 2. The molecule has 11 nitrogen and oxygen atoms in total. The van der Waals surface area contributed by atoms with Gasteiger partial charge in [-0.15, -0.1) is 0 Å². The Morgan fingerprint density at radius 3 is 2.70 bits per heavy atom. The Bertz CT molecular complexity index is 1850. The van der Waals surface area contributed by atoms with Gasteiger partial charge >= 0.3 is 6.09 Å². The molecule has 1 atom stereocenters. The number of likely N-dealkylation sites (tertiary alicyclic amines) is 1. The van der Waals surface area contributed by atoms with Crippen LogP contribution in [0.3, 0.4) is 0 Å². The second-order valence-electron chi connectivity index (χ2n) is 12.3. The van der Waals surface area contributed by atoms with Gasteiger partial charge in [-0.2, -0.15) is 0 Å². The van der Waals surface area contributed by atoms with Crippen LogP contribution >= 0.6 is 15.9 Å². The number of hydrogen-bond acceptors (Lipinski definition) is 9. The molecule has 3 heterocycles. The van der Waals surface area contributed by atoms with E-state index in [-0.39, 0.29) is 17.9 Å². The highest BCUT2D eigenvalue weighted by atomic mass is 79.9. The first-order valence-corrected chi connectivity index (χ1v) is 17.7. The van der Waals surface area contributed by atoms with Crippen molar-refractivity contribution in [2.24, 2.45) is 0 Å². The summed E-state index contributed by atoms with van der Waals surface area (Å²) >= 11 is 3.53. The monoisotopic (exact) mass is 710 g/mol. The average molecular weight is 712 g/mol. The minimum absolute atomic E-state index is 0.0311. The van der Waals surface area contributed by atoms with Gasteiger partial charge in [0.1, 0.15) is 11.4 Å². The van der Waals surface area contributed by atoms with Crippen molar-refractivity contribution >= 4 is 54.5 Å². The number of nitrogens with zero attached hydrogens (tertiary/aromatic N) is 4. The lowest BCUT2D eigenvalue weighted by atomic mass is 10.0. The largest absolute Gasteiger partial charge is 0.444 e. The molecule has 0 aliphatic carbocycles. The summed E-state index contributed by atoms with van der Waals surface area (Å²) in [6.07, 6.45) is 5.19. The first kappa shape index (κ1) is 33.4. The van der Waals surface area contributed by atoms with E-state index in [9.17, 15) is 13.2 Å². The minimum atomic E-state index is -3.49. The van der Waals surface area contributed by atoms with E-state index in [4.69, 9.17) is 14.5 Å². The topological polar surface area (TPSA) is 136 Å². The summed E-state index contributed by atoms with van der Waals surface area (Å²) in [6, 6.07) is 12.8. The Morgan fingerprint density at radius 1 is 1.13 bits per heavy atom. The third kappa shape index (κ3) is 8.24. The summed E-state index contributed by atoms with van der Waals surface area (Å²) < 4.78 is 40.7. The number of halogens is 1. The highest BCUT2D eigenvalue weighted by molar-refractivity contribution is 9.10. The van der Waals surface area contributed by atoms with Crippen LogP contribution in [0.4, 0.5) is 16.4 Å². The molecule has 0 bridgehead atoms. The number of anilines is 2. The number of benzene rings is 2. The van der Waals surface area contributed by atoms with E-state index in [0.29, 0.717) is 59.4 Å². The molecular weight excluding hydrogens is 672 g/mol. The number of aryl methyl sites for hydroxylation is 1. The maximum Gasteiger partial charge on any atom is 0.410 e. The molecule has 2 N–H and O–H groups in total. The molecule has 1 aliphatic rings. The average Bonchev–Trinajstić information content (AvgIpc) is 2.98. The third-order valence-electron chi connectivity index (χ3n) is 7.30. The number of sulfonamides is 1. The minimum Gasteiger partial charge on any atom is -0.444 e. The van der Waals surface area contributed by atoms with Crippen LogP contribution < -0.4 is 14.8 Å². The predicted molar refractivity (Wildman–Crippen MR) is 184 cm³/mol. The molecule has 13 heteroatoms. The van der Waals surface area contributed by atoms with Crippen molar-refractivity contribution in [1.82, 2.24) is 19.9 Å². The molecule has 1 saturated heterocycles. The van der Waals surface area contributed by atoms with Gasteiger partial charge in [0.05, 0.1) is 22.7 Å². The van der Waals surface area contributed by atoms with Crippen molar-refractivity contribution < 1.29 is 22.7 Å². The summed E-state index contributed by atoms with van der Waals surface area (Å²) in [5.41, 5.74) is 2.00. The van der Waals surface area contributed by atoms with Gasteiger partial charge in [0.25, 0.3) is 0 Å². The molecule has 2 aromatic heterocycles. The van der Waals surface area contributed by atoms with E-state index in [1.54, 1.807) is 35.5 Å². The van der Waals surface area contributed by atoms with Gasteiger partial charge in [0.15, 0.2) is 0 Å². The van der Waals surface area contributed by atoms with E-state index >= 15 is 0 Å². The lowest BCUT2D eigenvalue weighted by Gasteiger charge is -2.34. The summed E-state index contributed by atoms with van der Waals surface area (Å²) in [5, 5.41) is 4.84. The Kier molecular flexibility index (Phi) is 10.0. The lowest BCUT2D eigenvalue weighted by molar-refractivity contribution is 0.0206. The Labute approximate surface area is 278 Å². The second kappa shape index (κ2) is 13.8. The van der Waals surface area contributed by atoms with Crippen molar-refractivity contribution in [3.05, 3.63) is 64.9 Å². The molecule has 244 valence electrons. The van der Waals surface area contributed by atoms with Gasteiger partial charge < -0.3 is 19.7 Å². The molecule has 0 unspecified atom stereocenters. The molecule has 5 rings (SSSR count). The van der Waals surface area contributed by atoms with Crippen LogP contribution in [-0.2, 0) is 14.8 Å². The number of carbonyl (C=O) groups is 1. The molecule has 4 aromatic rings. The molecule has 2 aromatic carbocycles. The molecule has 0 radical (unpaired) electrons. The number of nitrogens with one attached hydrogen (secondary N) is 2. The zero-order valence-electron chi connectivity index (χ0n) is 26.6. The number of fused-ring (bicyclic) bond motifs is 1. The van der Waals surface area contributed by atoms with Crippen molar-refractivity contribution in [2.75, 3.05) is 28.9 Å². The van der Waals surface area contributed by atoms with Crippen LogP contribution in [0.15, 0.2) is 59.3 Å². The van der Waals surface area contributed by atoms with Gasteiger partial charge in [-0.3, -0.25) is 4.72 Å². The van der Waals surface area contributed by atoms with Crippen LogP contribution in [-0.4, -0.2) is 64.8 Å². The first-order valence-electron chi connectivity index (χ1n) is 15.3. The van der Waals surface area contributed by atoms with Crippen LogP contribution in [0, 0.1) is 6.92 Å². The number of rotatable bonds is 9. The maximum atomic E-state index is 12.7. The summed E-state index contributed by atoms with van der Waals surface area (Å²) in [7, 11) is -3.49. The number of amides is 1. The summed E-state index contributed by atoms with van der Waals surface area (Å²) in [5.74, 6) is 1.34. The number of piperidine rings is 1. The van der Waals surface area contributed by atoms with Gasteiger partial charge in [-0.1, -0.05) is 31.2 Å². The normalized spacial score (nSPS) is 15.4. The molecule has 1 fully saturated rings. The van der Waals surface area contributed by atoms with Crippen molar-refractivity contribution in [2.45, 2.75) is 65.5 Å². The Morgan fingerprint density at radius 2 is 1.93 bits per heavy atom. The van der Waals surface area contributed by atoms with E-state index in [2.05, 4.69) is 35.9 Å². The number of ether oxygens (including phenoxy) is 2. The maximum absolute atomic E-state index is 12.7. The fourth-order valence-corrected chi connectivity index (χ4v) is 6.77. The van der Waals surface area contributed by atoms with Gasteiger partial charge in [0, 0.05) is 46.8 Å². The highest BCUT2D eigenvalue weighted by Gasteiger charge is 2.28. The molecule has 0 spiro atoms. The number of aromatic nitrogens is 3. The fraction of sp³-hybridized carbons (Fsp3) is 0.394. The molecular formula is C33H39BrN6O5S. The lowest BCUT2D eigenvalue weighted by Crippen LogP contribution is -2.47. The third-order valence-corrected chi connectivity index (χ3v) is 9.21. The van der Waals surface area contributed by atoms with Crippen LogP contribution in [0.5, 0.6) is 11.6 Å². The van der Waals surface area contributed by atoms with Crippen molar-refractivity contribution in [3.63, 3.8) is 0 Å². The SMILES string of the molecule is CCCS(=O)(=O)Nc1cccc2c(Oc3ncc(Br)cc3-c3ccnc(N[C@H]4CCCN(C(=O)OC(C)(C)C)C4)n3)c(C)ccc12. The van der Waals surface area contributed by atoms with E-state index in [1.807, 2.05) is 58.9 Å². The van der Waals surface area contributed by atoms with E-state index < -0.39 is 15.6 Å². The number of carbonyl (C=O) groups excluding carboxylic acids is 1. The molecule has 1 amide bonds. The van der Waals surface area contributed by atoms with Crippen LogP contribution in [0.25, 0.3) is 22.0 Å². The van der Waals surface area contributed by atoms with Crippen molar-refractivity contribution in [3.8, 4) is 22.9 Å². The highest BCUT2D eigenvalue weighted by Crippen LogP contribution is 2.39. The predicted octanol–water partition coefficient (Wildman–Crippen LogP) is 7.52. The van der Waals surface area contributed by atoms with Gasteiger partial charge in [-0.05, 0) is 86.6 Å². The molecule has 46 heavy (non-hydrogen) atoms. The van der Waals surface area contributed by atoms with E-state index in [1.165, 1.54) is 0 Å². The molecule has 0 saturated carbocycles. The summed E-state index contributed by atoms with van der Waals surface area (Å²) in [6.45, 7) is 10.4. The zero-order valence-corrected chi connectivity index (χ0v) is 29.0. The fourth-order valence-electron chi connectivity index (χ4n) is 5.29. The first-order chi connectivity index (χ1) is 21.8. The molecule has 1 aliphatic heterocycles. The second-order valence-corrected chi connectivity index (χ2v) is 15.1. The summed E-state index contributed by atoms with van der Waals surface area (Å²) in [4.78, 5) is 28.2. The van der Waals surface area contributed by atoms with Gasteiger partial charge in [-0.25, -0.2) is 28.2 Å². The van der Waals surface area contributed by atoms with Crippen LogP contribution in [0.1, 0.15) is 52.5 Å². The van der Waals surface area contributed by atoms with Gasteiger partial charge in [0.2, 0.25) is 21.9 Å². The zero-order chi connectivity index (χ0) is 33.1. The van der Waals surface area contributed by atoms with Crippen molar-refractivity contribution in [1.29, 1.82) is 0 Å². The van der Waals surface area contributed by atoms with Crippen LogP contribution in [0.2, 0.25) is 0 Å². The number of pyridine rings is 1. The Balaban J connectivity index is 1.42. The van der Waals surface area contributed by atoms with E-state index in [0.717, 1.165) is 28.3 Å². The standard InChI is InChI=1S/C33H39BrN6O5S/c1-6-17-46(42,43)39-28-11-7-10-25-24(28)13-12-21(2)29(25)44-30-26(18-22(34)19-36-30)27-14-15-35-31(38-27)37-23-9-8-16-40(20-23)32(41)45-33(3,4)5/h7,10-15,18-19,23,39H,6,8-9,16-17,20H2,1-5H3,(H,35,37,38)/t23-/m0/s1. The smallest absolute Gasteiger partial charge is 0.410 e. The quantitative estimate of drug-likeness (QED) is 0.181. The Hall–Kier alpha value is -3.97.